The van der Waals surface area contributed by atoms with Crippen LogP contribution >= 0.6 is 0 Å². The Balaban J connectivity index is 2.06. The van der Waals surface area contributed by atoms with Gasteiger partial charge in [-0.25, -0.2) is 9.67 Å². The van der Waals surface area contributed by atoms with Crippen molar-refractivity contribution < 1.29 is 4.42 Å². The predicted octanol–water partition coefficient (Wildman–Crippen LogP) is 2.46. The van der Waals surface area contributed by atoms with Crippen LogP contribution in [0.4, 0.5) is 0 Å². The minimum absolute atomic E-state index is 0.585. The van der Waals surface area contributed by atoms with Crippen molar-refractivity contribution in [2.24, 2.45) is 0 Å². The molecule has 2 heterocycles. The molecule has 0 fully saturated rings. The van der Waals surface area contributed by atoms with Crippen molar-refractivity contribution in [2.75, 3.05) is 0 Å². The molecule has 0 spiro atoms. The number of hydrogen-bond donors (Lipinski definition) is 0. The van der Waals surface area contributed by atoms with Gasteiger partial charge in [-0.05, 0) is 29.8 Å². The molecule has 0 amide bonds. The zero-order chi connectivity index (χ0) is 13.1. The molecule has 0 aliphatic carbocycles. The third-order valence-corrected chi connectivity index (χ3v) is 2.82. The third kappa shape index (κ3) is 2.24. The highest BCUT2D eigenvalue weighted by Gasteiger charge is 2.09. The molecule has 0 aliphatic rings. The number of nitrogens with zero attached hydrogens (tertiary/aromatic N) is 4. The Hall–Kier alpha value is -2.87. The highest BCUT2D eigenvalue weighted by Crippen LogP contribution is 2.26. The van der Waals surface area contributed by atoms with Gasteiger partial charge in [0.05, 0.1) is 24.4 Å². The Morgan fingerprint density at radius 1 is 1.32 bits per heavy atom. The van der Waals surface area contributed by atoms with Crippen molar-refractivity contribution in [1.82, 2.24) is 14.8 Å². The summed E-state index contributed by atoms with van der Waals surface area (Å²) in [7, 11) is 0. The van der Waals surface area contributed by atoms with Gasteiger partial charge in [-0.3, -0.25) is 0 Å². The molecule has 19 heavy (non-hydrogen) atoms. The maximum Gasteiger partial charge on any atom is 0.137 e. The van der Waals surface area contributed by atoms with Gasteiger partial charge in [0.15, 0.2) is 0 Å². The maximum absolute atomic E-state index is 9.00. The Kier molecular flexibility index (Phi) is 2.83. The van der Waals surface area contributed by atoms with Crippen LogP contribution in [-0.4, -0.2) is 14.8 Å². The van der Waals surface area contributed by atoms with Crippen LogP contribution in [0.15, 0.2) is 53.7 Å². The van der Waals surface area contributed by atoms with E-state index in [1.165, 1.54) is 6.33 Å². The molecule has 0 unspecified atom stereocenters. The maximum atomic E-state index is 9.00. The van der Waals surface area contributed by atoms with Crippen molar-refractivity contribution in [3.05, 3.63) is 60.4 Å². The molecule has 0 bridgehead atoms. The Morgan fingerprint density at radius 3 is 2.95 bits per heavy atom. The first-order valence-corrected chi connectivity index (χ1v) is 5.76. The highest BCUT2D eigenvalue weighted by atomic mass is 16.3. The van der Waals surface area contributed by atoms with Crippen LogP contribution < -0.4 is 0 Å². The van der Waals surface area contributed by atoms with Crippen molar-refractivity contribution in [1.29, 1.82) is 5.26 Å². The normalized spacial score (nSPS) is 10.3. The summed E-state index contributed by atoms with van der Waals surface area (Å²) in [6, 6.07) is 11.4. The van der Waals surface area contributed by atoms with Gasteiger partial charge in [-0.15, -0.1) is 0 Å². The fraction of sp³-hybridized carbons (Fsp3) is 0.0714. The molecule has 0 atom stereocenters. The number of aromatic nitrogens is 3. The van der Waals surface area contributed by atoms with Gasteiger partial charge < -0.3 is 4.42 Å². The summed E-state index contributed by atoms with van der Waals surface area (Å²) in [6.45, 7) is 0.585. The smallest absolute Gasteiger partial charge is 0.137 e. The van der Waals surface area contributed by atoms with E-state index in [1.54, 1.807) is 23.3 Å². The molecule has 5 heteroatoms. The minimum atomic E-state index is 0.585. The van der Waals surface area contributed by atoms with E-state index in [4.69, 9.17) is 9.68 Å². The van der Waals surface area contributed by atoms with Crippen LogP contribution in [0.25, 0.3) is 11.3 Å². The van der Waals surface area contributed by atoms with E-state index in [0.29, 0.717) is 12.1 Å². The lowest BCUT2D eigenvalue weighted by Gasteiger charge is -2.08. The molecule has 92 valence electrons. The fourth-order valence-electron chi connectivity index (χ4n) is 1.93. The molecule has 3 aromatic rings. The van der Waals surface area contributed by atoms with Crippen LogP contribution in [0.5, 0.6) is 0 Å². The predicted molar refractivity (Wildman–Crippen MR) is 68.0 cm³/mol. The SMILES string of the molecule is N#Cc1ccc(Cn2cncn2)c(-c2ccco2)c1. The first kappa shape index (κ1) is 11.2. The molecule has 0 aliphatic heterocycles. The molecule has 0 radical (unpaired) electrons. The molecular formula is C14H10N4O. The van der Waals surface area contributed by atoms with Gasteiger partial charge in [-0.2, -0.15) is 10.4 Å². The van der Waals surface area contributed by atoms with Crippen molar-refractivity contribution in [3.63, 3.8) is 0 Å². The van der Waals surface area contributed by atoms with Crippen LogP contribution in [0.1, 0.15) is 11.1 Å². The van der Waals surface area contributed by atoms with Gasteiger partial charge in [0, 0.05) is 5.56 Å². The number of rotatable bonds is 3. The molecule has 1 aromatic carbocycles. The first-order valence-electron chi connectivity index (χ1n) is 5.76. The van der Waals surface area contributed by atoms with Crippen LogP contribution in [0.3, 0.4) is 0 Å². The summed E-state index contributed by atoms with van der Waals surface area (Å²) in [5, 5.41) is 13.1. The summed E-state index contributed by atoms with van der Waals surface area (Å²) in [5.74, 6) is 0.743. The van der Waals surface area contributed by atoms with Crippen molar-refractivity contribution in [3.8, 4) is 17.4 Å². The Morgan fingerprint density at radius 2 is 2.26 bits per heavy atom. The lowest BCUT2D eigenvalue weighted by atomic mass is 10.0. The second kappa shape index (κ2) is 4.78. The largest absolute Gasteiger partial charge is 0.464 e. The van der Waals surface area contributed by atoms with Gasteiger partial charge >= 0.3 is 0 Å². The molecule has 2 aromatic heterocycles. The highest BCUT2D eigenvalue weighted by molar-refractivity contribution is 5.64. The lowest BCUT2D eigenvalue weighted by molar-refractivity contribution is 0.580. The summed E-state index contributed by atoms with van der Waals surface area (Å²) in [6.07, 6.45) is 4.77. The molecule has 0 saturated carbocycles. The summed E-state index contributed by atoms with van der Waals surface area (Å²) < 4.78 is 7.15. The van der Waals surface area contributed by atoms with E-state index >= 15 is 0 Å². The average molecular weight is 250 g/mol. The lowest BCUT2D eigenvalue weighted by Crippen LogP contribution is -2.02. The quantitative estimate of drug-likeness (QED) is 0.716. The van der Waals surface area contributed by atoms with E-state index in [0.717, 1.165) is 16.9 Å². The monoisotopic (exact) mass is 250 g/mol. The molecule has 3 rings (SSSR count). The third-order valence-electron chi connectivity index (χ3n) is 2.82. The number of hydrogen-bond acceptors (Lipinski definition) is 4. The minimum Gasteiger partial charge on any atom is -0.464 e. The molecule has 0 saturated heterocycles. The second-order valence-corrected chi connectivity index (χ2v) is 4.05. The van der Waals surface area contributed by atoms with E-state index in [1.807, 2.05) is 24.3 Å². The van der Waals surface area contributed by atoms with Crippen molar-refractivity contribution >= 4 is 0 Å². The van der Waals surface area contributed by atoms with E-state index in [2.05, 4.69) is 16.2 Å². The van der Waals surface area contributed by atoms with Crippen molar-refractivity contribution in [2.45, 2.75) is 6.54 Å². The molecule has 0 N–H and O–H groups in total. The summed E-state index contributed by atoms with van der Waals surface area (Å²) in [5.41, 5.74) is 2.53. The van der Waals surface area contributed by atoms with E-state index in [9.17, 15) is 0 Å². The second-order valence-electron chi connectivity index (χ2n) is 4.05. The van der Waals surface area contributed by atoms with Crippen LogP contribution in [0.2, 0.25) is 0 Å². The Bertz CT molecular complexity index is 708. The molecule has 5 nitrogen and oxygen atoms in total. The number of furan rings is 1. The van der Waals surface area contributed by atoms with Gasteiger partial charge in [0.2, 0.25) is 0 Å². The fourth-order valence-corrected chi connectivity index (χ4v) is 1.93. The summed E-state index contributed by atoms with van der Waals surface area (Å²) in [4.78, 5) is 3.92. The Labute approximate surface area is 109 Å². The zero-order valence-electron chi connectivity index (χ0n) is 10.0. The number of nitriles is 1. The average Bonchev–Trinajstić information content (AvgIpc) is 3.12. The van der Waals surface area contributed by atoms with Gasteiger partial charge in [0.1, 0.15) is 18.4 Å². The first-order chi connectivity index (χ1) is 9.36. The van der Waals surface area contributed by atoms with Gasteiger partial charge in [-0.1, -0.05) is 6.07 Å². The van der Waals surface area contributed by atoms with Crippen LogP contribution in [-0.2, 0) is 6.54 Å². The van der Waals surface area contributed by atoms with E-state index < -0.39 is 0 Å². The van der Waals surface area contributed by atoms with Gasteiger partial charge in [0.25, 0.3) is 0 Å². The number of benzene rings is 1. The van der Waals surface area contributed by atoms with Crippen LogP contribution in [0, 0.1) is 11.3 Å². The molecular weight excluding hydrogens is 240 g/mol. The standard InChI is InChI=1S/C14H10N4O/c15-7-11-3-4-12(8-18-10-16-9-17-18)13(6-11)14-2-1-5-19-14/h1-6,9-10H,8H2. The zero-order valence-corrected chi connectivity index (χ0v) is 10.0. The van der Waals surface area contributed by atoms with E-state index in [-0.39, 0.29) is 0 Å². The summed E-state index contributed by atoms with van der Waals surface area (Å²) >= 11 is 0. The topological polar surface area (TPSA) is 67.6 Å².